The maximum absolute atomic E-state index is 9.11. The molecule has 0 spiro atoms. The van der Waals surface area contributed by atoms with Gasteiger partial charge in [-0.15, -0.1) is 0 Å². The van der Waals surface area contributed by atoms with E-state index in [1.54, 1.807) is 0 Å². The number of ether oxygens (including phenoxy) is 1. The van der Waals surface area contributed by atoms with Crippen molar-refractivity contribution in [2.45, 2.75) is 39.5 Å². The van der Waals surface area contributed by atoms with Gasteiger partial charge < -0.3 is 4.74 Å². The minimum absolute atomic E-state index is 0.538. The summed E-state index contributed by atoms with van der Waals surface area (Å²) in [5, 5.41) is 16.5. The van der Waals surface area contributed by atoms with Crippen molar-refractivity contribution >= 4 is 0 Å². The molecular weight excluding hydrogens is 250 g/mol. The molecule has 2 aromatic rings. The standard InChI is InChI=1S/C16H17N3O/c1-9-6-13(7-10(2)14(9)8-17)20-16-11(3)18-19-15(16)12-4-5-12/h6-7,12H,4-5H2,1-3H3,(H,18,19). The van der Waals surface area contributed by atoms with Crippen molar-refractivity contribution in [3.8, 4) is 17.6 Å². The zero-order valence-electron chi connectivity index (χ0n) is 11.9. The van der Waals surface area contributed by atoms with E-state index in [4.69, 9.17) is 10.00 Å². The van der Waals surface area contributed by atoms with Crippen LogP contribution in [-0.4, -0.2) is 10.2 Å². The Morgan fingerprint density at radius 1 is 1.25 bits per heavy atom. The highest BCUT2D eigenvalue weighted by Gasteiger charge is 2.30. The molecule has 1 aromatic heterocycles. The first-order chi connectivity index (χ1) is 9.60. The van der Waals surface area contributed by atoms with Crippen LogP contribution >= 0.6 is 0 Å². The van der Waals surface area contributed by atoms with Crippen LogP contribution in [0.2, 0.25) is 0 Å². The van der Waals surface area contributed by atoms with E-state index < -0.39 is 0 Å². The van der Waals surface area contributed by atoms with Crippen LogP contribution in [0.4, 0.5) is 0 Å². The van der Waals surface area contributed by atoms with Gasteiger partial charge >= 0.3 is 0 Å². The summed E-state index contributed by atoms with van der Waals surface area (Å²) in [4.78, 5) is 0. The third kappa shape index (κ3) is 2.16. The smallest absolute Gasteiger partial charge is 0.171 e. The maximum atomic E-state index is 9.11. The summed E-state index contributed by atoms with van der Waals surface area (Å²) in [5.74, 6) is 2.15. The molecule has 1 aliphatic carbocycles. The highest BCUT2D eigenvalue weighted by atomic mass is 16.5. The van der Waals surface area contributed by atoms with Gasteiger partial charge in [0.2, 0.25) is 0 Å². The minimum Gasteiger partial charge on any atom is -0.453 e. The van der Waals surface area contributed by atoms with Gasteiger partial charge in [-0.3, -0.25) is 5.10 Å². The van der Waals surface area contributed by atoms with Gasteiger partial charge in [0, 0.05) is 5.92 Å². The summed E-state index contributed by atoms with van der Waals surface area (Å²) in [7, 11) is 0. The van der Waals surface area contributed by atoms with Crippen molar-refractivity contribution in [2.75, 3.05) is 0 Å². The lowest BCUT2D eigenvalue weighted by molar-refractivity contribution is 0.472. The predicted molar refractivity (Wildman–Crippen MR) is 76.0 cm³/mol. The second-order valence-electron chi connectivity index (χ2n) is 5.48. The van der Waals surface area contributed by atoms with Gasteiger partial charge in [0.15, 0.2) is 5.75 Å². The second kappa shape index (κ2) is 4.68. The largest absolute Gasteiger partial charge is 0.453 e. The molecule has 1 aliphatic rings. The molecule has 0 amide bonds. The first kappa shape index (κ1) is 12.7. The van der Waals surface area contributed by atoms with Crippen LogP contribution in [0.25, 0.3) is 0 Å². The molecule has 1 fully saturated rings. The van der Waals surface area contributed by atoms with Crippen molar-refractivity contribution in [3.05, 3.63) is 40.2 Å². The van der Waals surface area contributed by atoms with Crippen LogP contribution in [0.15, 0.2) is 12.1 Å². The molecule has 20 heavy (non-hydrogen) atoms. The molecule has 0 bridgehead atoms. The van der Waals surface area contributed by atoms with Crippen LogP contribution in [0.1, 0.15) is 46.8 Å². The summed E-state index contributed by atoms with van der Waals surface area (Å²) in [6.45, 7) is 5.84. The minimum atomic E-state index is 0.538. The van der Waals surface area contributed by atoms with Gasteiger partial charge in [0.05, 0.1) is 17.3 Å². The summed E-state index contributed by atoms with van der Waals surface area (Å²) in [5.41, 5.74) is 4.59. The zero-order valence-corrected chi connectivity index (χ0v) is 11.9. The van der Waals surface area contributed by atoms with E-state index in [-0.39, 0.29) is 0 Å². The number of hydrogen-bond acceptors (Lipinski definition) is 3. The van der Waals surface area contributed by atoms with Gasteiger partial charge in [0.1, 0.15) is 11.4 Å². The quantitative estimate of drug-likeness (QED) is 0.918. The summed E-state index contributed by atoms with van der Waals surface area (Å²) < 4.78 is 6.04. The number of nitrogens with zero attached hydrogens (tertiary/aromatic N) is 2. The molecule has 3 rings (SSSR count). The van der Waals surface area contributed by atoms with Gasteiger partial charge in [0.25, 0.3) is 0 Å². The average Bonchev–Trinajstić information content (AvgIpc) is 3.16. The van der Waals surface area contributed by atoms with E-state index in [2.05, 4.69) is 16.3 Å². The van der Waals surface area contributed by atoms with Gasteiger partial charge in [-0.1, -0.05) is 0 Å². The van der Waals surface area contributed by atoms with Crippen molar-refractivity contribution in [1.82, 2.24) is 10.2 Å². The fourth-order valence-electron chi connectivity index (χ4n) is 2.48. The van der Waals surface area contributed by atoms with E-state index in [0.717, 1.165) is 39.6 Å². The molecule has 0 atom stereocenters. The molecule has 0 radical (unpaired) electrons. The Labute approximate surface area is 118 Å². The third-order valence-corrected chi connectivity index (χ3v) is 3.72. The van der Waals surface area contributed by atoms with E-state index >= 15 is 0 Å². The summed E-state index contributed by atoms with van der Waals surface area (Å²) in [6, 6.07) is 6.05. The Kier molecular flexibility index (Phi) is 2.98. The van der Waals surface area contributed by atoms with E-state index in [1.165, 1.54) is 12.8 Å². The number of hydrogen-bond donors (Lipinski definition) is 1. The monoisotopic (exact) mass is 267 g/mol. The van der Waals surface area contributed by atoms with E-state index in [9.17, 15) is 0 Å². The van der Waals surface area contributed by atoms with E-state index in [1.807, 2.05) is 32.9 Å². The van der Waals surface area contributed by atoms with Crippen molar-refractivity contribution in [1.29, 1.82) is 5.26 Å². The molecule has 4 nitrogen and oxygen atoms in total. The van der Waals surface area contributed by atoms with Crippen LogP contribution in [-0.2, 0) is 0 Å². The molecule has 1 saturated carbocycles. The Morgan fingerprint density at radius 3 is 2.45 bits per heavy atom. The number of H-pyrrole nitrogens is 1. The molecule has 102 valence electrons. The van der Waals surface area contributed by atoms with Crippen LogP contribution < -0.4 is 4.74 Å². The third-order valence-electron chi connectivity index (χ3n) is 3.72. The summed E-state index contributed by atoms with van der Waals surface area (Å²) in [6.07, 6.45) is 2.37. The van der Waals surface area contributed by atoms with Crippen molar-refractivity contribution < 1.29 is 4.74 Å². The highest BCUT2D eigenvalue weighted by molar-refractivity contribution is 5.49. The zero-order chi connectivity index (χ0) is 14.3. The Hall–Kier alpha value is -2.28. The molecule has 0 unspecified atom stereocenters. The van der Waals surface area contributed by atoms with Crippen LogP contribution in [0.5, 0.6) is 11.5 Å². The first-order valence-electron chi connectivity index (χ1n) is 6.84. The number of aromatic nitrogens is 2. The topological polar surface area (TPSA) is 61.7 Å². The molecule has 0 aliphatic heterocycles. The lowest BCUT2D eigenvalue weighted by Crippen LogP contribution is -1.93. The highest BCUT2D eigenvalue weighted by Crippen LogP contribution is 2.45. The molecule has 0 saturated heterocycles. The fraction of sp³-hybridized carbons (Fsp3) is 0.375. The van der Waals surface area contributed by atoms with Crippen molar-refractivity contribution in [3.63, 3.8) is 0 Å². The number of rotatable bonds is 3. The van der Waals surface area contributed by atoms with Gasteiger partial charge in [-0.2, -0.15) is 10.4 Å². The molecule has 1 heterocycles. The normalized spacial score (nSPS) is 14.1. The lowest BCUT2D eigenvalue weighted by Gasteiger charge is -2.10. The average molecular weight is 267 g/mol. The fourth-order valence-corrected chi connectivity index (χ4v) is 2.48. The Balaban J connectivity index is 1.96. The van der Waals surface area contributed by atoms with Gasteiger partial charge in [-0.05, 0) is 56.9 Å². The maximum Gasteiger partial charge on any atom is 0.171 e. The van der Waals surface area contributed by atoms with E-state index in [0.29, 0.717) is 5.92 Å². The van der Waals surface area contributed by atoms with Gasteiger partial charge in [-0.25, -0.2) is 0 Å². The molecule has 4 heteroatoms. The van der Waals surface area contributed by atoms with Crippen molar-refractivity contribution in [2.24, 2.45) is 0 Å². The Morgan fingerprint density at radius 2 is 1.90 bits per heavy atom. The number of nitriles is 1. The van der Waals surface area contributed by atoms with Crippen LogP contribution in [0.3, 0.4) is 0 Å². The first-order valence-corrected chi connectivity index (χ1v) is 6.84. The van der Waals surface area contributed by atoms with Crippen LogP contribution in [0, 0.1) is 32.1 Å². The number of benzene rings is 1. The Bertz CT molecular complexity index is 682. The number of aromatic amines is 1. The lowest BCUT2D eigenvalue weighted by atomic mass is 10.0. The number of aryl methyl sites for hydroxylation is 3. The molecule has 1 N–H and O–H groups in total. The predicted octanol–water partition coefficient (Wildman–Crippen LogP) is 3.88. The molecular formula is C16H17N3O. The SMILES string of the molecule is Cc1cc(Oc2c(C3CC3)n[nH]c2C)cc(C)c1C#N. The summed E-state index contributed by atoms with van der Waals surface area (Å²) >= 11 is 0. The molecule has 1 aromatic carbocycles. The second-order valence-corrected chi connectivity index (χ2v) is 5.48. The number of nitrogens with one attached hydrogen (secondary N) is 1.